The van der Waals surface area contributed by atoms with Gasteiger partial charge in [-0.25, -0.2) is 0 Å². The molecule has 0 radical (unpaired) electrons. The van der Waals surface area contributed by atoms with Crippen LogP contribution in [-0.2, 0) is 6.54 Å². The van der Waals surface area contributed by atoms with Gasteiger partial charge in [-0.1, -0.05) is 0 Å². The van der Waals surface area contributed by atoms with E-state index in [1.807, 2.05) is 4.90 Å². The molecule has 1 aliphatic heterocycles. The summed E-state index contributed by atoms with van der Waals surface area (Å²) in [6.45, 7) is 4.22. The smallest absolute Gasteiger partial charge is 0.272 e. The fourth-order valence-electron chi connectivity index (χ4n) is 2.37. The molecule has 106 valence electrons. The zero-order valence-electron chi connectivity index (χ0n) is 11.1. The van der Waals surface area contributed by atoms with E-state index in [-0.39, 0.29) is 5.91 Å². The summed E-state index contributed by atoms with van der Waals surface area (Å²) in [7, 11) is 0. The molecule has 0 bridgehead atoms. The molecule has 0 atom stereocenters. The Morgan fingerprint density at radius 3 is 2.80 bits per heavy atom. The van der Waals surface area contributed by atoms with Crippen LogP contribution in [0, 0.1) is 0 Å². The highest BCUT2D eigenvalue weighted by atomic mass is 32.1. The van der Waals surface area contributed by atoms with Crippen molar-refractivity contribution in [2.45, 2.75) is 6.54 Å². The Kier molecular flexibility index (Phi) is 3.70. The fourth-order valence-corrected chi connectivity index (χ4v) is 3.03. The largest absolute Gasteiger partial charge is 0.382 e. The Hall–Kier alpha value is -1.86. The number of hydrogen-bond donors (Lipinski definition) is 2. The summed E-state index contributed by atoms with van der Waals surface area (Å²) in [6, 6.07) is 3.73. The van der Waals surface area contributed by atoms with E-state index in [4.69, 9.17) is 5.73 Å². The molecular weight excluding hydrogens is 274 g/mol. The molecule has 7 heteroatoms. The van der Waals surface area contributed by atoms with Gasteiger partial charge in [0, 0.05) is 38.8 Å². The summed E-state index contributed by atoms with van der Waals surface area (Å²) in [5.74, 6) is 0.328. The second kappa shape index (κ2) is 5.64. The lowest BCUT2D eigenvalue weighted by atomic mass is 10.2. The Bertz CT molecular complexity index is 571. The molecule has 0 spiro atoms. The van der Waals surface area contributed by atoms with E-state index in [0.29, 0.717) is 11.5 Å². The van der Waals surface area contributed by atoms with Gasteiger partial charge in [0.2, 0.25) is 0 Å². The maximum atomic E-state index is 12.2. The SMILES string of the molecule is Nc1cc(C(=O)N2CCN(Cc3ccsc3)CC2)[nH]n1. The van der Waals surface area contributed by atoms with E-state index in [9.17, 15) is 4.79 Å². The number of carbonyl (C=O) groups excluding carboxylic acids is 1. The lowest BCUT2D eigenvalue weighted by molar-refractivity contribution is 0.0623. The molecule has 3 rings (SSSR count). The number of H-pyrrole nitrogens is 1. The summed E-state index contributed by atoms with van der Waals surface area (Å²) >= 11 is 1.72. The van der Waals surface area contributed by atoms with Gasteiger partial charge < -0.3 is 10.6 Å². The third-order valence-electron chi connectivity index (χ3n) is 3.47. The molecule has 2 aromatic rings. The molecule has 1 amide bonds. The monoisotopic (exact) mass is 291 g/mol. The molecule has 1 saturated heterocycles. The highest BCUT2D eigenvalue weighted by molar-refractivity contribution is 7.07. The quantitative estimate of drug-likeness (QED) is 0.884. The molecule has 0 unspecified atom stereocenters. The lowest BCUT2D eigenvalue weighted by Crippen LogP contribution is -2.48. The summed E-state index contributed by atoms with van der Waals surface area (Å²) in [4.78, 5) is 16.4. The minimum Gasteiger partial charge on any atom is -0.382 e. The molecule has 2 aromatic heterocycles. The standard InChI is InChI=1S/C13H17N5OS/c14-12-7-11(15-16-12)13(19)18-4-2-17(3-5-18)8-10-1-6-20-9-10/h1,6-7,9H,2-5,8H2,(H3,14,15,16). The number of amides is 1. The molecule has 0 aliphatic carbocycles. The Morgan fingerprint density at radius 2 is 2.20 bits per heavy atom. The van der Waals surface area contributed by atoms with Crippen LogP contribution in [0.25, 0.3) is 0 Å². The number of aromatic amines is 1. The molecule has 3 heterocycles. The first-order chi connectivity index (χ1) is 9.72. The third kappa shape index (κ3) is 2.83. The first kappa shape index (κ1) is 13.1. The van der Waals surface area contributed by atoms with Crippen LogP contribution in [0.2, 0.25) is 0 Å². The van der Waals surface area contributed by atoms with Crippen molar-refractivity contribution >= 4 is 23.1 Å². The first-order valence-corrected chi connectivity index (χ1v) is 7.50. The van der Waals surface area contributed by atoms with Gasteiger partial charge in [-0.3, -0.25) is 14.8 Å². The minimum atomic E-state index is -0.0237. The molecule has 1 fully saturated rings. The number of piperazine rings is 1. The molecule has 6 nitrogen and oxygen atoms in total. The van der Waals surface area contributed by atoms with Gasteiger partial charge in [-0.2, -0.15) is 16.4 Å². The van der Waals surface area contributed by atoms with Gasteiger partial charge in [0.05, 0.1) is 0 Å². The van der Waals surface area contributed by atoms with Gasteiger partial charge in [-0.15, -0.1) is 0 Å². The van der Waals surface area contributed by atoms with E-state index in [0.717, 1.165) is 32.7 Å². The number of nitrogens with one attached hydrogen (secondary N) is 1. The second-order valence-electron chi connectivity index (χ2n) is 4.91. The number of rotatable bonds is 3. The van der Waals surface area contributed by atoms with Crippen molar-refractivity contribution in [3.05, 3.63) is 34.2 Å². The van der Waals surface area contributed by atoms with E-state index in [1.165, 1.54) is 5.56 Å². The van der Waals surface area contributed by atoms with Crippen molar-refractivity contribution in [2.75, 3.05) is 31.9 Å². The van der Waals surface area contributed by atoms with Crippen LogP contribution >= 0.6 is 11.3 Å². The topological polar surface area (TPSA) is 78.3 Å². The van der Waals surface area contributed by atoms with Gasteiger partial charge >= 0.3 is 0 Å². The number of thiophene rings is 1. The molecule has 1 aliphatic rings. The Morgan fingerprint density at radius 1 is 1.40 bits per heavy atom. The number of hydrogen-bond acceptors (Lipinski definition) is 5. The van der Waals surface area contributed by atoms with Crippen molar-refractivity contribution in [3.63, 3.8) is 0 Å². The molecule has 0 saturated carbocycles. The fraction of sp³-hybridized carbons (Fsp3) is 0.385. The predicted octanol–water partition coefficient (Wildman–Crippen LogP) is 1.01. The summed E-state index contributed by atoms with van der Waals surface area (Å²) in [5.41, 5.74) is 7.33. The maximum absolute atomic E-state index is 12.2. The molecular formula is C13H17N5OS. The zero-order valence-corrected chi connectivity index (χ0v) is 11.9. The highest BCUT2D eigenvalue weighted by Gasteiger charge is 2.23. The number of carbonyl (C=O) groups is 1. The number of nitrogens with zero attached hydrogens (tertiary/aromatic N) is 3. The summed E-state index contributed by atoms with van der Waals surface area (Å²) < 4.78 is 0. The van der Waals surface area contributed by atoms with Crippen LogP contribution in [0.15, 0.2) is 22.9 Å². The van der Waals surface area contributed by atoms with Crippen LogP contribution in [0.4, 0.5) is 5.82 Å². The first-order valence-electron chi connectivity index (χ1n) is 6.56. The van der Waals surface area contributed by atoms with Crippen molar-refractivity contribution in [2.24, 2.45) is 0 Å². The highest BCUT2D eigenvalue weighted by Crippen LogP contribution is 2.13. The maximum Gasteiger partial charge on any atom is 0.272 e. The van der Waals surface area contributed by atoms with Crippen LogP contribution in [0.1, 0.15) is 16.1 Å². The van der Waals surface area contributed by atoms with Gasteiger partial charge in [0.25, 0.3) is 5.91 Å². The lowest BCUT2D eigenvalue weighted by Gasteiger charge is -2.34. The number of nitrogen functional groups attached to an aromatic ring is 1. The normalized spacial score (nSPS) is 16.5. The van der Waals surface area contributed by atoms with Gasteiger partial charge in [-0.05, 0) is 22.4 Å². The summed E-state index contributed by atoms with van der Waals surface area (Å²) in [5, 5.41) is 10.7. The van der Waals surface area contributed by atoms with Crippen molar-refractivity contribution in [1.29, 1.82) is 0 Å². The predicted molar refractivity (Wildman–Crippen MR) is 78.5 cm³/mol. The Balaban J connectivity index is 1.54. The van der Waals surface area contributed by atoms with Gasteiger partial charge in [0.1, 0.15) is 11.5 Å². The number of anilines is 1. The van der Waals surface area contributed by atoms with Crippen LogP contribution < -0.4 is 5.73 Å². The van der Waals surface area contributed by atoms with Crippen molar-refractivity contribution < 1.29 is 4.79 Å². The van der Waals surface area contributed by atoms with Crippen LogP contribution in [0.3, 0.4) is 0 Å². The van der Waals surface area contributed by atoms with E-state index < -0.39 is 0 Å². The third-order valence-corrected chi connectivity index (χ3v) is 4.21. The Labute approximate surface area is 121 Å². The average Bonchev–Trinajstić information content (AvgIpc) is 3.10. The van der Waals surface area contributed by atoms with E-state index >= 15 is 0 Å². The minimum absolute atomic E-state index is 0.0237. The van der Waals surface area contributed by atoms with E-state index in [1.54, 1.807) is 17.4 Å². The second-order valence-corrected chi connectivity index (χ2v) is 5.69. The van der Waals surface area contributed by atoms with Crippen molar-refractivity contribution in [1.82, 2.24) is 20.0 Å². The summed E-state index contributed by atoms with van der Waals surface area (Å²) in [6.07, 6.45) is 0. The van der Waals surface area contributed by atoms with Crippen LogP contribution in [0.5, 0.6) is 0 Å². The average molecular weight is 291 g/mol. The van der Waals surface area contributed by atoms with E-state index in [2.05, 4.69) is 31.9 Å². The molecule has 3 N–H and O–H groups in total. The van der Waals surface area contributed by atoms with Crippen molar-refractivity contribution in [3.8, 4) is 0 Å². The molecule has 0 aromatic carbocycles. The zero-order chi connectivity index (χ0) is 13.9. The van der Waals surface area contributed by atoms with Crippen LogP contribution in [-0.4, -0.2) is 52.1 Å². The van der Waals surface area contributed by atoms with Gasteiger partial charge in [0.15, 0.2) is 0 Å². The number of nitrogens with two attached hydrogens (primary N) is 1. The number of aromatic nitrogens is 2. The molecule has 20 heavy (non-hydrogen) atoms.